The molecule has 4 rings (SSSR count). The highest BCUT2D eigenvalue weighted by atomic mass is 19.1. The molecule has 3 aromatic rings. The van der Waals surface area contributed by atoms with Crippen molar-refractivity contribution in [2.75, 3.05) is 25.9 Å². The Balaban J connectivity index is 1.67. The Morgan fingerprint density at radius 3 is 2.63 bits per heavy atom. The molecule has 7 nitrogen and oxygen atoms in total. The van der Waals surface area contributed by atoms with Crippen LogP contribution in [-0.2, 0) is 0 Å². The van der Waals surface area contributed by atoms with Crippen LogP contribution in [0.1, 0.15) is 23.2 Å². The van der Waals surface area contributed by atoms with Gasteiger partial charge >= 0.3 is 0 Å². The molecule has 1 aromatic carbocycles. The van der Waals surface area contributed by atoms with Gasteiger partial charge in [-0.25, -0.2) is 14.4 Å². The first kappa shape index (κ1) is 17.3. The Bertz CT molecular complexity index is 978. The van der Waals surface area contributed by atoms with E-state index in [1.54, 1.807) is 22.6 Å². The van der Waals surface area contributed by atoms with Gasteiger partial charge in [0.1, 0.15) is 17.4 Å². The zero-order valence-electron chi connectivity index (χ0n) is 14.9. The summed E-state index contributed by atoms with van der Waals surface area (Å²) in [6, 6.07) is 9.05. The Morgan fingerprint density at radius 2 is 1.96 bits per heavy atom. The minimum Gasteiger partial charge on any atom is -0.497 e. The number of alkyl halides is 1. The number of aromatic nitrogens is 3. The van der Waals surface area contributed by atoms with Crippen molar-refractivity contribution >= 4 is 23.0 Å². The zero-order valence-corrected chi connectivity index (χ0v) is 14.9. The number of benzene rings is 1. The van der Waals surface area contributed by atoms with Crippen molar-refractivity contribution in [2.24, 2.45) is 0 Å². The highest BCUT2D eigenvalue weighted by Gasteiger charge is 2.24. The highest BCUT2D eigenvalue weighted by molar-refractivity contribution is 5.96. The molecule has 0 saturated carbocycles. The molecule has 2 aromatic heterocycles. The normalized spacial score (nSPS) is 15.3. The fourth-order valence-corrected chi connectivity index (χ4v) is 3.32. The summed E-state index contributed by atoms with van der Waals surface area (Å²) >= 11 is 0. The van der Waals surface area contributed by atoms with E-state index in [4.69, 9.17) is 10.5 Å². The van der Waals surface area contributed by atoms with Crippen molar-refractivity contribution < 1.29 is 13.9 Å². The van der Waals surface area contributed by atoms with Crippen molar-refractivity contribution in [1.82, 2.24) is 19.4 Å². The number of rotatable bonds is 3. The van der Waals surface area contributed by atoms with Gasteiger partial charge in [-0.1, -0.05) is 0 Å². The van der Waals surface area contributed by atoms with E-state index in [1.165, 1.54) is 6.20 Å². The largest absolute Gasteiger partial charge is 0.497 e. The molecule has 0 aliphatic carbocycles. The molecule has 1 aliphatic rings. The van der Waals surface area contributed by atoms with E-state index >= 15 is 0 Å². The van der Waals surface area contributed by atoms with E-state index in [0.29, 0.717) is 42.7 Å². The minimum atomic E-state index is -0.824. The van der Waals surface area contributed by atoms with E-state index in [0.717, 1.165) is 11.4 Å². The highest BCUT2D eigenvalue weighted by Crippen LogP contribution is 2.24. The smallest absolute Gasteiger partial charge is 0.255 e. The first-order valence-electron chi connectivity index (χ1n) is 8.78. The molecule has 0 radical (unpaired) electrons. The quantitative estimate of drug-likeness (QED) is 0.767. The molecule has 0 unspecified atom stereocenters. The van der Waals surface area contributed by atoms with Crippen molar-refractivity contribution in [3.8, 4) is 11.4 Å². The second-order valence-electron chi connectivity index (χ2n) is 6.54. The minimum absolute atomic E-state index is 0.158. The lowest BCUT2D eigenvalue weighted by atomic mass is 10.1. The maximum absolute atomic E-state index is 13.3. The molecule has 0 atom stereocenters. The SMILES string of the molecule is COc1ccc(-n2c(N)nc3cc(C(=O)N4CCC(F)CC4)cnc32)cc1. The Hall–Kier alpha value is -3.16. The van der Waals surface area contributed by atoms with Crippen molar-refractivity contribution in [3.05, 3.63) is 42.1 Å². The molecule has 1 aliphatic heterocycles. The number of nitrogen functional groups attached to an aromatic ring is 1. The number of piperidine rings is 1. The Labute approximate surface area is 155 Å². The second-order valence-corrected chi connectivity index (χ2v) is 6.54. The van der Waals surface area contributed by atoms with Crippen LogP contribution in [0.4, 0.5) is 10.3 Å². The number of amides is 1. The molecule has 1 fully saturated rings. The Morgan fingerprint density at radius 1 is 1.26 bits per heavy atom. The molecule has 2 N–H and O–H groups in total. The van der Waals surface area contributed by atoms with Gasteiger partial charge in [-0.15, -0.1) is 0 Å². The summed E-state index contributed by atoms with van der Waals surface area (Å²) in [5.74, 6) is 0.860. The number of carbonyl (C=O) groups is 1. The first-order valence-corrected chi connectivity index (χ1v) is 8.78. The predicted molar refractivity (Wildman–Crippen MR) is 99.9 cm³/mol. The number of ether oxygens (including phenoxy) is 1. The predicted octanol–water partition coefficient (Wildman–Crippen LogP) is 2.59. The van der Waals surface area contributed by atoms with Gasteiger partial charge in [0.15, 0.2) is 5.65 Å². The van der Waals surface area contributed by atoms with Gasteiger partial charge in [-0.2, -0.15) is 0 Å². The number of carbonyl (C=O) groups excluding carboxylic acids is 1. The summed E-state index contributed by atoms with van der Waals surface area (Å²) in [5.41, 5.74) is 8.42. The lowest BCUT2D eigenvalue weighted by Gasteiger charge is -2.28. The summed E-state index contributed by atoms with van der Waals surface area (Å²) in [7, 11) is 1.60. The topological polar surface area (TPSA) is 86.3 Å². The van der Waals surface area contributed by atoms with Crippen molar-refractivity contribution in [3.63, 3.8) is 0 Å². The average Bonchev–Trinajstić information content (AvgIpc) is 3.03. The number of hydrogen-bond acceptors (Lipinski definition) is 5. The number of hydrogen-bond donors (Lipinski definition) is 1. The van der Waals surface area contributed by atoms with E-state index in [9.17, 15) is 9.18 Å². The van der Waals surface area contributed by atoms with Crippen molar-refractivity contribution in [2.45, 2.75) is 19.0 Å². The van der Waals surface area contributed by atoms with Crippen LogP contribution in [0.25, 0.3) is 16.9 Å². The summed E-state index contributed by atoms with van der Waals surface area (Å²) < 4.78 is 20.2. The van der Waals surface area contributed by atoms with Crippen LogP contribution in [0.15, 0.2) is 36.5 Å². The first-order chi connectivity index (χ1) is 13.1. The fraction of sp³-hybridized carbons (Fsp3) is 0.316. The van der Waals surface area contributed by atoms with E-state index in [-0.39, 0.29) is 11.9 Å². The molecule has 1 saturated heterocycles. The summed E-state index contributed by atoms with van der Waals surface area (Å²) in [6.07, 6.45) is 1.45. The number of likely N-dealkylation sites (tertiary alicyclic amines) is 1. The van der Waals surface area contributed by atoms with E-state index in [1.807, 2.05) is 24.3 Å². The van der Waals surface area contributed by atoms with Gasteiger partial charge in [-0.3, -0.25) is 9.36 Å². The zero-order chi connectivity index (χ0) is 19.0. The number of halogens is 1. The molecule has 3 heterocycles. The molecule has 27 heavy (non-hydrogen) atoms. The van der Waals surface area contributed by atoms with Gasteiger partial charge in [0.25, 0.3) is 5.91 Å². The molecular formula is C19H20FN5O2. The van der Waals surface area contributed by atoms with Gasteiger partial charge in [0, 0.05) is 19.3 Å². The number of imidazole rings is 1. The molecule has 8 heteroatoms. The molecule has 0 bridgehead atoms. The lowest BCUT2D eigenvalue weighted by Crippen LogP contribution is -2.39. The molecular weight excluding hydrogens is 349 g/mol. The second kappa shape index (κ2) is 6.86. The molecule has 0 spiro atoms. The third-order valence-electron chi connectivity index (χ3n) is 4.81. The van der Waals surface area contributed by atoms with Gasteiger partial charge in [-0.05, 0) is 43.2 Å². The molecule has 1 amide bonds. The van der Waals surface area contributed by atoms with E-state index < -0.39 is 6.17 Å². The maximum atomic E-state index is 13.3. The molecule has 140 valence electrons. The summed E-state index contributed by atoms with van der Waals surface area (Å²) in [5, 5.41) is 0. The fourth-order valence-electron chi connectivity index (χ4n) is 3.32. The maximum Gasteiger partial charge on any atom is 0.255 e. The summed E-state index contributed by atoms with van der Waals surface area (Å²) in [4.78, 5) is 23.1. The number of anilines is 1. The van der Waals surface area contributed by atoms with E-state index in [2.05, 4.69) is 9.97 Å². The number of pyridine rings is 1. The average molecular weight is 369 g/mol. The van der Waals surface area contributed by atoms with Crippen LogP contribution in [0.2, 0.25) is 0 Å². The van der Waals surface area contributed by atoms with Crippen LogP contribution in [0, 0.1) is 0 Å². The number of fused-ring (bicyclic) bond motifs is 1. The van der Waals surface area contributed by atoms with Gasteiger partial charge < -0.3 is 15.4 Å². The third kappa shape index (κ3) is 3.18. The third-order valence-corrected chi connectivity index (χ3v) is 4.81. The van der Waals surface area contributed by atoms with Crippen LogP contribution < -0.4 is 10.5 Å². The van der Waals surface area contributed by atoms with Crippen LogP contribution in [-0.4, -0.2) is 51.7 Å². The summed E-state index contributed by atoms with van der Waals surface area (Å²) in [6.45, 7) is 0.834. The van der Waals surface area contributed by atoms with Crippen LogP contribution >= 0.6 is 0 Å². The Kier molecular flexibility index (Phi) is 4.39. The standard InChI is InChI=1S/C19H20FN5O2/c1-27-15-4-2-14(3-5-15)25-17-16(23-19(25)21)10-12(11-22-17)18(26)24-8-6-13(20)7-9-24/h2-5,10-11,13H,6-9H2,1H3,(H2,21,23). The number of nitrogens with zero attached hydrogens (tertiary/aromatic N) is 4. The van der Waals surface area contributed by atoms with Crippen molar-refractivity contribution in [1.29, 1.82) is 0 Å². The number of nitrogens with two attached hydrogens (primary N) is 1. The van der Waals surface area contributed by atoms with Crippen LogP contribution in [0.3, 0.4) is 0 Å². The lowest BCUT2D eigenvalue weighted by molar-refractivity contribution is 0.0666. The van der Waals surface area contributed by atoms with Gasteiger partial charge in [0.2, 0.25) is 5.95 Å². The van der Waals surface area contributed by atoms with Crippen LogP contribution in [0.5, 0.6) is 5.75 Å². The number of methoxy groups -OCH3 is 1. The van der Waals surface area contributed by atoms with Gasteiger partial charge in [0.05, 0.1) is 18.4 Å². The monoisotopic (exact) mass is 369 g/mol.